The van der Waals surface area contributed by atoms with Gasteiger partial charge in [-0.3, -0.25) is 9.69 Å². The van der Waals surface area contributed by atoms with Crippen LogP contribution in [0, 0.1) is 0 Å². The van der Waals surface area contributed by atoms with Gasteiger partial charge >= 0.3 is 6.09 Å². The fraction of sp³-hybridized carbons (Fsp3) is 0.222. The van der Waals surface area contributed by atoms with E-state index >= 15 is 0 Å². The highest BCUT2D eigenvalue weighted by Gasteiger charge is 2.24. The van der Waals surface area contributed by atoms with Crippen molar-refractivity contribution in [3.8, 4) is 22.8 Å². The van der Waals surface area contributed by atoms with Crippen LogP contribution in [0.15, 0.2) is 60.4 Å². The number of amides is 1. The molecule has 0 saturated carbocycles. The van der Waals surface area contributed by atoms with Crippen LogP contribution < -0.4 is 14.4 Å². The first-order valence-corrected chi connectivity index (χ1v) is 11.3. The maximum absolute atomic E-state index is 13.0. The lowest BCUT2D eigenvalue weighted by Gasteiger charge is -2.20. The number of allylic oxidation sites excluding steroid dienone is 2. The number of nitrogens with zero attached hydrogens (tertiary/aromatic N) is 2. The van der Waals surface area contributed by atoms with Crippen LogP contribution in [0.3, 0.4) is 0 Å². The molecule has 8 nitrogen and oxygen atoms in total. The van der Waals surface area contributed by atoms with Gasteiger partial charge in [0.2, 0.25) is 0 Å². The molecule has 4 aromatic rings. The average Bonchev–Trinajstić information content (AvgIpc) is 3.27. The summed E-state index contributed by atoms with van der Waals surface area (Å²) in [4.78, 5) is 34.7. The van der Waals surface area contributed by atoms with Crippen molar-refractivity contribution in [2.45, 2.75) is 19.3 Å². The molecule has 1 amide bonds. The summed E-state index contributed by atoms with van der Waals surface area (Å²) >= 11 is 0. The van der Waals surface area contributed by atoms with Gasteiger partial charge in [0.15, 0.2) is 11.5 Å². The first kappa shape index (κ1) is 22.5. The van der Waals surface area contributed by atoms with Crippen molar-refractivity contribution in [3.05, 3.63) is 60.4 Å². The first-order chi connectivity index (χ1) is 17.0. The van der Waals surface area contributed by atoms with E-state index in [1.54, 1.807) is 27.3 Å². The number of pyridine rings is 1. The minimum Gasteiger partial charge on any atom is -0.497 e. The molecular weight excluding hydrogens is 446 g/mol. The van der Waals surface area contributed by atoms with Crippen LogP contribution >= 0.6 is 0 Å². The van der Waals surface area contributed by atoms with Crippen molar-refractivity contribution in [3.63, 3.8) is 0 Å². The number of para-hydroxylation sites is 1. The number of aromatic amines is 1. The number of fused-ring (bicyclic) bond motifs is 3. The molecular formula is C27H25N3O5. The number of H-pyrrole nitrogens is 1. The number of ether oxygens (including phenoxy) is 3. The molecule has 35 heavy (non-hydrogen) atoms. The van der Waals surface area contributed by atoms with Crippen LogP contribution in [0.2, 0.25) is 0 Å². The van der Waals surface area contributed by atoms with E-state index in [1.807, 2.05) is 48.5 Å². The van der Waals surface area contributed by atoms with Crippen LogP contribution in [0.1, 0.15) is 19.3 Å². The smallest absolute Gasteiger partial charge is 0.420 e. The molecule has 2 heterocycles. The Bertz CT molecular complexity index is 1490. The SMILES string of the molecule is COc1ccc(OC)c(-c2nc(N(C)C(=O)OC3=CCCCC3=O)cc3c2[nH]c2ccccc23)c1. The number of ketones is 1. The van der Waals surface area contributed by atoms with Crippen molar-refractivity contribution in [2.75, 3.05) is 26.2 Å². The van der Waals surface area contributed by atoms with E-state index in [9.17, 15) is 9.59 Å². The third kappa shape index (κ3) is 4.07. The minimum absolute atomic E-state index is 0.0935. The zero-order chi connectivity index (χ0) is 24.5. The van der Waals surface area contributed by atoms with Gasteiger partial charge in [-0.2, -0.15) is 0 Å². The molecule has 2 aromatic carbocycles. The van der Waals surface area contributed by atoms with E-state index in [-0.39, 0.29) is 11.5 Å². The molecule has 0 unspecified atom stereocenters. The number of benzene rings is 2. The summed E-state index contributed by atoms with van der Waals surface area (Å²) in [6, 6.07) is 15.2. The molecule has 0 bridgehead atoms. The number of carbonyl (C=O) groups is 2. The molecule has 0 atom stereocenters. The molecule has 2 aromatic heterocycles. The Morgan fingerprint density at radius 1 is 1.06 bits per heavy atom. The lowest BCUT2D eigenvalue weighted by atomic mass is 10.1. The van der Waals surface area contributed by atoms with Crippen molar-refractivity contribution in [1.82, 2.24) is 9.97 Å². The summed E-state index contributed by atoms with van der Waals surface area (Å²) in [5.41, 5.74) is 3.04. The quantitative estimate of drug-likeness (QED) is 0.407. The number of nitrogens with one attached hydrogen (secondary N) is 1. The molecule has 1 aliphatic rings. The van der Waals surface area contributed by atoms with Crippen LogP contribution in [0.25, 0.3) is 33.1 Å². The average molecular weight is 472 g/mol. The van der Waals surface area contributed by atoms with Gasteiger partial charge in [0.25, 0.3) is 0 Å². The standard InChI is InChI=1S/C27H25N3O5/c1-30(27(32)35-23-11-7-6-10-21(23)31)24-15-18-17-8-4-5-9-20(17)28-25(18)26(29-24)19-14-16(33-2)12-13-22(19)34-3/h4-5,8-9,11-15,28H,6-7,10H2,1-3H3. The molecule has 178 valence electrons. The summed E-state index contributed by atoms with van der Waals surface area (Å²) in [5.74, 6) is 1.55. The zero-order valence-corrected chi connectivity index (χ0v) is 19.8. The van der Waals surface area contributed by atoms with Crippen LogP contribution in [-0.2, 0) is 9.53 Å². The molecule has 8 heteroatoms. The second-order valence-electron chi connectivity index (χ2n) is 8.30. The Kier molecular flexibility index (Phi) is 5.86. The number of aromatic nitrogens is 2. The predicted molar refractivity (Wildman–Crippen MR) is 134 cm³/mol. The lowest BCUT2D eigenvalue weighted by Crippen LogP contribution is -2.29. The number of rotatable bonds is 5. The number of hydrogen-bond acceptors (Lipinski definition) is 6. The summed E-state index contributed by atoms with van der Waals surface area (Å²) in [6.07, 6.45) is 2.84. The Balaban J connectivity index is 1.67. The van der Waals surface area contributed by atoms with Gasteiger partial charge in [-0.15, -0.1) is 0 Å². The summed E-state index contributed by atoms with van der Waals surface area (Å²) in [6.45, 7) is 0. The third-order valence-electron chi connectivity index (χ3n) is 6.17. The Morgan fingerprint density at radius 2 is 1.89 bits per heavy atom. The van der Waals surface area contributed by atoms with Gasteiger partial charge in [-0.05, 0) is 49.2 Å². The molecule has 0 radical (unpaired) electrons. The Hall–Kier alpha value is -4.33. The topological polar surface area (TPSA) is 93.8 Å². The maximum Gasteiger partial charge on any atom is 0.420 e. The molecule has 1 aliphatic carbocycles. The maximum atomic E-state index is 13.0. The fourth-order valence-electron chi connectivity index (χ4n) is 4.29. The molecule has 0 aliphatic heterocycles. The van der Waals surface area contributed by atoms with E-state index in [0.717, 1.165) is 28.2 Å². The van der Waals surface area contributed by atoms with Crippen LogP contribution in [0.5, 0.6) is 11.5 Å². The number of Topliss-reactive ketones (excluding diaryl/α,β-unsaturated/α-hetero) is 1. The van der Waals surface area contributed by atoms with E-state index in [2.05, 4.69) is 4.98 Å². The normalized spacial score (nSPS) is 13.6. The van der Waals surface area contributed by atoms with Gasteiger partial charge < -0.3 is 19.2 Å². The van der Waals surface area contributed by atoms with Crippen molar-refractivity contribution < 1.29 is 23.8 Å². The summed E-state index contributed by atoms with van der Waals surface area (Å²) < 4.78 is 16.5. The third-order valence-corrected chi connectivity index (χ3v) is 6.17. The van der Waals surface area contributed by atoms with Gasteiger partial charge in [0, 0.05) is 35.3 Å². The second-order valence-corrected chi connectivity index (χ2v) is 8.30. The van der Waals surface area contributed by atoms with E-state index in [1.165, 1.54) is 4.90 Å². The van der Waals surface area contributed by atoms with E-state index < -0.39 is 6.09 Å². The van der Waals surface area contributed by atoms with Gasteiger partial charge in [0.1, 0.15) is 23.0 Å². The Morgan fingerprint density at radius 3 is 2.66 bits per heavy atom. The van der Waals surface area contributed by atoms with Crippen molar-refractivity contribution in [1.29, 1.82) is 0 Å². The molecule has 0 fully saturated rings. The monoisotopic (exact) mass is 471 g/mol. The highest BCUT2D eigenvalue weighted by molar-refractivity contribution is 6.13. The van der Waals surface area contributed by atoms with E-state index in [0.29, 0.717) is 41.4 Å². The summed E-state index contributed by atoms with van der Waals surface area (Å²) in [7, 11) is 4.76. The number of carbonyl (C=O) groups excluding carboxylic acids is 2. The number of hydrogen-bond donors (Lipinski definition) is 1. The van der Waals surface area contributed by atoms with Crippen LogP contribution in [-0.4, -0.2) is 43.1 Å². The van der Waals surface area contributed by atoms with E-state index in [4.69, 9.17) is 19.2 Å². The van der Waals surface area contributed by atoms with Crippen molar-refractivity contribution >= 4 is 39.5 Å². The molecule has 1 N–H and O–H groups in total. The largest absolute Gasteiger partial charge is 0.497 e. The Labute approximate surface area is 202 Å². The predicted octanol–water partition coefficient (Wildman–Crippen LogP) is 5.61. The molecule has 0 saturated heterocycles. The first-order valence-electron chi connectivity index (χ1n) is 11.3. The summed E-state index contributed by atoms with van der Waals surface area (Å²) in [5, 5.41) is 1.87. The molecule has 5 rings (SSSR count). The minimum atomic E-state index is -0.679. The zero-order valence-electron chi connectivity index (χ0n) is 19.8. The number of anilines is 1. The fourth-order valence-corrected chi connectivity index (χ4v) is 4.29. The van der Waals surface area contributed by atoms with Gasteiger partial charge in [-0.25, -0.2) is 9.78 Å². The van der Waals surface area contributed by atoms with Gasteiger partial charge in [0.05, 0.1) is 19.7 Å². The molecule has 0 spiro atoms. The van der Waals surface area contributed by atoms with Gasteiger partial charge in [-0.1, -0.05) is 18.2 Å². The second kappa shape index (κ2) is 9.13. The number of methoxy groups -OCH3 is 2. The van der Waals surface area contributed by atoms with Crippen LogP contribution in [0.4, 0.5) is 10.6 Å². The highest BCUT2D eigenvalue weighted by atomic mass is 16.6. The highest BCUT2D eigenvalue weighted by Crippen LogP contribution is 2.39. The lowest BCUT2D eigenvalue weighted by molar-refractivity contribution is -0.118. The van der Waals surface area contributed by atoms with Crippen molar-refractivity contribution in [2.24, 2.45) is 0 Å².